The summed E-state index contributed by atoms with van der Waals surface area (Å²) in [5.74, 6) is -0.222. The molecule has 4 rings (SSSR count). The van der Waals surface area contributed by atoms with Gasteiger partial charge in [-0.2, -0.15) is 0 Å². The van der Waals surface area contributed by atoms with Crippen molar-refractivity contribution in [3.63, 3.8) is 0 Å². The number of carbonyl (C=O) groups excluding carboxylic acids is 1. The van der Waals surface area contributed by atoms with E-state index in [0.717, 1.165) is 11.2 Å². The van der Waals surface area contributed by atoms with Gasteiger partial charge in [0.05, 0.1) is 16.3 Å². The van der Waals surface area contributed by atoms with Crippen LogP contribution in [0.25, 0.3) is 16.9 Å². The number of imidazole rings is 1. The first-order chi connectivity index (χ1) is 14.3. The van der Waals surface area contributed by atoms with E-state index in [2.05, 4.69) is 15.0 Å². The number of sulfonamides is 1. The Bertz CT molecular complexity index is 1340. The maximum Gasteiger partial charge on any atom is 0.261 e. The summed E-state index contributed by atoms with van der Waals surface area (Å²) in [5.41, 5.74) is 4.16. The average Bonchev–Trinajstić information content (AvgIpc) is 3.14. The van der Waals surface area contributed by atoms with Crippen molar-refractivity contribution in [3.8, 4) is 11.3 Å². The van der Waals surface area contributed by atoms with Gasteiger partial charge in [0.2, 0.25) is 5.91 Å². The number of aryl methyl sites for hydroxylation is 1. The lowest BCUT2D eigenvalue weighted by Crippen LogP contribution is -2.14. The molecule has 0 aliphatic rings. The summed E-state index contributed by atoms with van der Waals surface area (Å²) >= 11 is 0. The largest absolute Gasteiger partial charge is 0.326 e. The summed E-state index contributed by atoms with van der Waals surface area (Å²) in [4.78, 5) is 15.9. The molecule has 7 nitrogen and oxygen atoms in total. The number of hydrogen-bond acceptors (Lipinski definition) is 4. The Balaban J connectivity index is 1.68. The molecule has 8 heteroatoms. The monoisotopic (exact) mass is 420 g/mol. The molecule has 0 atom stereocenters. The van der Waals surface area contributed by atoms with E-state index in [1.54, 1.807) is 24.3 Å². The maximum absolute atomic E-state index is 12.9. The van der Waals surface area contributed by atoms with Gasteiger partial charge in [-0.1, -0.05) is 24.3 Å². The number of nitrogens with one attached hydrogen (secondary N) is 2. The molecule has 0 spiro atoms. The highest BCUT2D eigenvalue weighted by atomic mass is 32.2. The molecule has 0 radical (unpaired) electrons. The lowest BCUT2D eigenvalue weighted by Gasteiger charge is -2.12. The number of para-hydroxylation sites is 1. The van der Waals surface area contributed by atoms with Crippen LogP contribution in [0.5, 0.6) is 0 Å². The maximum atomic E-state index is 12.9. The van der Waals surface area contributed by atoms with Crippen LogP contribution < -0.4 is 10.0 Å². The predicted molar refractivity (Wildman–Crippen MR) is 117 cm³/mol. The van der Waals surface area contributed by atoms with Crippen LogP contribution in [0.15, 0.2) is 78.0 Å². The number of pyridine rings is 1. The van der Waals surface area contributed by atoms with Gasteiger partial charge in [-0.05, 0) is 48.9 Å². The number of nitrogens with zero attached hydrogens (tertiary/aromatic N) is 2. The fourth-order valence-corrected chi connectivity index (χ4v) is 4.28. The van der Waals surface area contributed by atoms with E-state index < -0.39 is 10.0 Å². The molecule has 4 aromatic rings. The normalized spacial score (nSPS) is 11.4. The SMILES string of the molecule is CC(=O)Nc1ccc(S(=O)(=O)Nc2ccccc2-c2cn3cccc(C)c3n2)cc1. The quantitative estimate of drug-likeness (QED) is 0.509. The van der Waals surface area contributed by atoms with Crippen molar-refractivity contribution >= 4 is 33.0 Å². The molecular weight excluding hydrogens is 400 g/mol. The van der Waals surface area contributed by atoms with E-state index in [1.165, 1.54) is 19.1 Å². The lowest BCUT2D eigenvalue weighted by atomic mass is 10.1. The number of aromatic nitrogens is 2. The van der Waals surface area contributed by atoms with Gasteiger partial charge in [-0.25, -0.2) is 13.4 Å². The molecule has 152 valence electrons. The first-order valence-corrected chi connectivity index (χ1v) is 10.8. The topological polar surface area (TPSA) is 92.6 Å². The Morgan fingerprint density at radius 1 is 1.00 bits per heavy atom. The number of fused-ring (bicyclic) bond motifs is 1. The van der Waals surface area contributed by atoms with Crippen LogP contribution in [0.4, 0.5) is 11.4 Å². The van der Waals surface area contributed by atoms with Gasteiger partial charge in [-0.15, -0.1) is 0 Å². The van der Waals surface area contributed by atoms with E-state index in [0.29, 0.717) is 22.6 Å². The second kappa shape index (κ2) is 7.64. The molecule has 30 heavy (non-hydrogen) atoms. The molecule has 2 aromatic carbocycles. The second-order valence-corrected chi connectivity index (χ2v) is 8.59. The molecule has 0 aliphatic heterocycles. The molecule has 1 amide bonds. The first kappa shape index (κ1) is 19.7. The minimum Gasteiger partial charge on any atom is -0.326 e. The molecule has 2 N–H and O–H groups in total. The zero-order chi connectivity index (χ0) is 21.3. The number of benzene rings is 2. The van der Waals surface area contributed by atoms with Crippen molar-refractivity contribution in [1.82, 2.24) is 9.38 Å². The average molecular weight is 420 g/mol. The Morgan fingerprint density at radius 2 is 1.73 bits per heavy atom. The van der Waals surface area contributed by atoms with Crippen molar-refractivity contribution in [3.05, 3.63) is 78.6 Å². The van der Waals surface area contributed by atoms with Gasteiger partial charge in [-0.3, -0.25) is 9.52 Å². The molecule has 0 unspecified atom stereocenters. The van der Waals surface area contributed by atoms with Gasteiger partial charge in [0.1, 0.15) is 5.65 Å². The highest BCUT2D eigenvalue weighted by Gasteiger charge is 2.18. The number of carbonyl (C=O) groups is 1. The van der Waals surface area contributed by atoms with Crippen molar-refractivity contribution in [2.45, 2.75) is 18.7 Å². The summed E-state index contributed by atoms with van der Waals surface area (Å²) < 4.78 is 30.4. The first-order valence-electron chi connectivity index (χ1n) is 9.28. The van der Waals surface area contributed by atoms with Gasteiger partial charge in [0.25, 0.3) is 10.0 Å². The number of rotatable bonds is 5. The highest BCUT2D eigenvalue weighted by Crippen LogP contribution is 2.30. The zero-order valence-corrected chi connectivity index (χ0v) is 17.3. The third kappa shape index (κ3) is 3.90. The van der Waals surface area contributed by atoms with Crippen LogP contribution in [-0.4, -0.2) is 23.7 Å². The Kier molecular flexibility index (Phi) is 5.01. The number of hydrogen-bond donors (Lipinski definition) is 2. The third-order valence-electron chi connectivity index (χ3n) is 4.61. The van der Waals surface area contributed by atoms with Crippen molar-refractivity contribution < 1.29 is 13.2 Å². The van der Waals surface area contributed by atoms with Gasteiger partial charge < -0.3 is 9.72 Å². The van der Waals surface area contributed by atoms with E-state index in [-0.39, 0.29) is 10.8 Å². The Labute approximate surface area is 174 Å². The van der Waals surface area contributed by atoms with Crippen molar-refractivity contribution in [2.75, 3.05) is 10.0 Å². The molecule has 2 aromatic heterocycles. The molecule has 0 saturated carbocycles. The summed E-state index contributed by atoms with van der Waals surface area (Å²) in [6.45, 7) is 3.37. The lowest BCUT2D eigenvalue weighted by molar-refractivity contribution is -0.114. The second-order valence-electron chi connectivity index (χ2n) is 6.90. The van der Waals surface area contributed by atoms with E-state index in [1.807, 2.05) is 48.0 Å². The zero-order valence-electron chi connectivity index (χ0n) is 16.5. The number of amides is 1. The van der Waals surface area contributed by atoms with Gasteiger partial charge in [0.15, 0.2) is 0 Å². The standard InChI is InChI=1S/C22H20N4O3S/c1-15-6-5-13-26-14-21(24-22(15)26)19-7-3-4-8-20(19)25-30(28,29)18-11-9-17(10-12-18)23-16(2)27/h3-14,25H,1-2H3,(H,23,27). The smallest absolute Gasteiger partial charge is 0.261 e. The van der Waals surface area contributed by atoms with Crippen molar-refractivity contribution in [1.29, 1.82) is 0 Å². The predicted octanol–water partition coefficient (Wildman–Crippen LogP) is 4.07. The molecule has 0 saturated heterocycles. The molecule has 0 fully saturated rings. The van der Waals surface area contributed by atoms with E-state index in [4.69, 9.17) is 0 Å². The summed E-state index contributed by atoms with van der Waals surface area (Å²) in [6, 6.07) is 17.0. The fraction of sp³-hybridized carbons (Fsp3) is 0.0909. The van der Waals surface area contributed by atoms with Crippen molar-refractivity contribution in [2.24, 2.45) is 0 Å². The fourth-order valence-electron chi connectivity index (χ4n) is 3.20. The molecule has 0 aliphatic carbocycles. The Morgan fingerprint density at radius 3 is 2.43 bits per heavy atom. The van der Waals surface area contributed by atoms with Crippen LogP contribution in [0.1, 0.15) is 12.5 Å². The van der Waals surface area contributed by atoms with E-state index in [9.17, 15) is 13.2 Å². The molecule has 0 bridgehead atoms. The van der Waals surface area contributed by atoms with Crippen LogP contribution in [0.2, 0.25) is 0 Å². The van der Waals surface area contributed by atoms with Crippen LogP contribution in [0, 0.1) is 6.92 Å². The summed E-state index contributed by atoms with van der Waals surface area (Å²) in [7, 11) is -3.82. The summed E-state index contributed by atoms with van der Waals surface area (Å²) in [5, 5.41) is 2.62. The Hall–Kier alpha value is -3.65. The van der Waals surface area contributed by atoms with Gasteiger partial charge in [0, 0.05) is 30.6 Å². The van der Waals surface area contributed by atoms with Crippen LogP contribution in [-0.2, 0) is 14.8 Å². The third-order valence-corrected chi connectivity index (χ3v) is 5.99. The highest BCUT2D eigenvalue weighted by molar-refractivity contribution is 7.92. The van der Waals surface area contributed by atoms with Gasteiger partial charge >= 0.3 is 0 Å². The molecular formula is C22H20N4O3S. The molecule has 2 heterocycles. The minimum absolute atomic E-state index is 0.0947. The van der Waals surface area contributed by atoms with Crippen LogP contribution >= 0.6 is 0 Å². The number of anilines is 2. The van der Waals surface area contributed by atoms with Crippen LogP contribution in [0.3, 0.4) is 0 Å². The minimum atomic E-state index is -3.82. The summed E-state index contributed by atoms with van der Waals surface area (Å²) in [6.07, 6.45) is 3.78. The van der Waals surface area contributed by atoms with E-state index >= 15 is 0 Å².